The number of rotatable bonds is 7. The van der Waals surface area contributed by atoms with Crippen LogP contribution in [0.2, 0.25) is 10.0 Å². The molecule has 37 heavy (non-hydrogen) atoms. The van der Waals surface area contributed by atoms with Gasteiger partial charge < -0.3 is 15.4 Å². The van der Waals surface area contributed by atoms with Crippen LogP contribution in [0, 0.1) is 13.8 Å². The van der Waals surface area contributed by atoms with E-state index in [-0.39, 0.29) is 6.03 Å². The van der Waals surface area contributed by atoms with Gasteiger partial charge in [0.25, 0.3) is 5.91 Å². The third-order valence-corrected chi connectivity index (χ3v) is 6.72. The number of ether oxygens (including phenoxy) is 1. The van der Waals surface area contributed by atoms with Gasteiger partial charge in [-0.05, 0) is 68.7 Å². The first-order chi connectivity index (χ1) is 17.7. The molecule has 1 heterocycles. The van der Waals surface area contributed by atoms with Gasteiger partial charge in [0.15, 0.2) is 0 Å². The molecule has 8 heteroatoms. The minimum absolute atomic E-state index is 0.324. The molecule has 0 radical (unpaired) electrons. The molecule has 0 saturated carbocycles. The molecule has 0 fully saturated rings. The number of nitrogens with one attached hydrogen (secondary N) is 2. The number of benzene rings is 3. The van der Waals surface area contributed by atoms with Crippen molar-refractivity contribution in [2.24, 2.45) is 0 Å². The molecule has 0 saturated heterocycles. The molecule has 0 spiro atoms. The van der Waals surface area contributed by atoms with Gasteiger partial charge >= 0.3 is 6.03 Å². The SMILES string of the molecule is CCOc1ccc(Cl)cc1C1NC(=O)N(CC)C(c2ccccc2)=C1C(=O)Nc1c(C)cc(C)cc1Cl. The average Bonchev–Trinajstić information content (AvgIpc) is 2.87. The summed E-state index contributed by atoms with van der Waals surface area (Å²) >= 11 is 12.9. The summed E-state index contributed by atoms with van der Waals surface area (Å²) in [7, 11) is 0. The summed E-state index contributed by atoms with van der Waals surface area (Å²) in [6.45, 7) is 8.34. The smallest absolute Gasteiger partial charge is 0.322 e. The standard InChI is InChI=1S/C29H29Cl2N3O3/c1-5-34-27(19-10-8-7-9-11-19)24(28(35)32-25-18(4)14-17(3)15-22(25)31)26(33-29(34)36)21-16-20(30)12-13-23(21)37-6-2/h7-16,26H,5-6H2,1-4H3,(H,32,35)(H,33,36). The van der Waals surface area contributed by atoms with Crippen molar-refractivity contribution in [1.82, 2.24) is 10.2 Å². The molecule has 2 N–H and O–H groups in total. The average molecular weight is 538 g/mol. The minimum atomic E-state index is -0.824. The van der Waals surface area contributed by atoms with Crippen molar-refractivity contribution >= 4 is 46.5 Å². The number of carbonyl (C=O) groups excluding carboxylic acids is 2. The van der Waals surface area contributed by atoms with Crippen molar-refractivity contribution in [3.63, 3.8) is 0 Å². The van der Waals surface area contributed by atoms with Gasteiger partial charge in [-0.1, -0.05) is 59.6 Å². The Morgan fingerprint density at radius 1 is 1.05 bits per heavy atom. The Bertz CT molecular complexity index is 1350. The van der Waals surface area contributed by atoms with Crippen molar-refractivity contribution in [3.05, 3.63) is 98.5 Å². The van der Waals surface area contributed by atoms with Gasteiger partial charge in [-0.3, -0.25) is 9.69 Å². The highest BCUT2D eigenvalue weighted by Crippen LogP contribution is 2.41. The largest absolute Gasteiger partial charge is 0.494 e. The van der Waals surface area contributed by atoms with E-state index in [9.17, 15) is 9.59 Å². The Kier molecular flexibility index (Phi) is 8.10. The van der Waals surface area contributed by atoms with E-state index in [2.05, 4.69) is 10.6 Å². The van der Waals surface area contributed by atoms with Crippen molar-refractivity contribution in [2.45, 2.75) is 33.7 Å². The second-order valence-electron chi connectivity index (χ2n) is 8.76. The molecule has 0 aromatic heterocycles. The molecule has 1 unspecified atom stereocenters. The fraction of sp³-hybridized carbons (Fsp3) is 0.241. The maximum absolute atomic E-state index is 14.2. The number of nitrogens with zero attached hydrogens (tertiary/aromatic N) is 1. The summed E-state index contributed by atoms with van der Waals surface area (Å²) in [5, 5.41) is 6.93. The van der Waals surface area contributed by atoms with E-state index in [1.54, 1.807) is 29.2 Å². The van der Waals surface area contributed by atoms with Crippen LogP contribution < -0.4 is 15.4 Å². The summed E-state index contributed by atoms with van der Waals surface area (Å²) in [5.74, 6) is 0.142. The first-order valence-electron chi connectivity index (χ1n) is 12.1. The van der Waals surface area contributed by atoms with Gasteiger partial charge in [0.05, 0.1) is 34.6 Å². The molecule has 3 aromatic carbocycles. The van der Waals surface area contributed by atoms with Crippen molar-refractivity contribution in [3.8, 4) is 5.75 Å². The highest BCUT2D eigenvalue weighted by Gasteiger charge is 2.39. The van der Waals surface area contributed by atoms with Crippen LogP contribution in [0.1, 0.15) is 42.1 Å². The van der Waals surface area contributed by atoms with Crippen molar-refractivity contribution in [2.75, 3.05) is 18.5 Å². The first kappa shape index (κ1) is 26.6. The molecule has 192 valence electrons. The van der Waals surface area contributed by atoms with E-state index in [0.717, 1.165) is 16.7 Å². The second kappa shape index (κ2) is 11.3. The highest BCUT2D eigenvalue weighted by atomic mass is 35.5. The lowest BCUT2D eigenvalue weighted by atomic mass is 9.90. The van der Waals surface area contributed by atoms with Crippen LogP contribution in [0.15, 0.2) is 66.2 Å². The number of hydrogen-bond donors (Lipinski definition) is 2. The fourth-order valence-corrected chi connectivity index (χ4v) is 5.17. The van der Waals surface area contributed by atoms with Crippen molar-refractivity contribution in [1.29, 1.82) is 0 Å². The molecule has 3 amide bonds. The molecule has 1 atom stereocenters. The summed E-state index contributed by atoms with van der Waals surface area (Å²) in [6, 6.07) is 17.2. The number of carbonyl (C=O) groups is 2. The van der Waals surface area contributed by atoms with Crippen LogP contribution in [0.3, 0.4) is 0 Å². The molecule has 6 nitrogen and oxygen atoms in total. The predicted octanol–water partition coefficient (Wildman–Crippen LogP) is 7.15. The van der Waals surface area contributed by atoms with Crippen LogP contribution in [0.4, 0.5) is 10.5 Å². The highest BCUT2D eigenvalue weighted by molar-refractivity contribution is 6.34. The molecule has 1 aliphatic heterocycles. The minimum Gasteiger partial charge on any atom is -0.494 e. The van der Waals surface area contributed by atoms with E-state index in [1.807, 2.05) is 64.1 Å². The van der Waals surface area contributed by atoms with E-state index >= 15 is 0 Å². The maximum atomic E-state index is 14.2. The van der Waals surface area contributed by atoms with Gasteiger partial charge in [-0.2, -0.15) is 0 Å². The number of halogens is 2. The zero-order valence-corrected chi connectivity index (χ0v) is 22.7. The topological polar surface area (TPSA) is 70.7 Å². The maximum Gasteiger partial charge on any atom is 0.322 e. The van der Waals surface area contributed by atoms with Gasteiger partial charge in [-0.25, -0.2) is 4.79 Å². The number of amides is 3. The summed E-state index contributed by atoms with van der Waals surface area (Å²) in [4.78, 5) is 29.1. The number of urea groups is 1. The fourth-order valence-electron chi connectivity index (χ4n) is 4.62. The van der Waals surface area contributed by atoms with Crippen LogP contribution in [-0.4, -0.2) is 30.0 Å². The van der Waals surface area contributed by atoms with E-state index < -0.39 is 11.9 Å². The van der Waals surface area contributed by atoms with Gasteiger partial charge in [-0.15, -0.1) is 0 Å². The van der Waals surface area contributed by atoms with E-state index in [0.29, 0.717) is 51.5 Å². The third kappa shape index (κ3) is 5.45. The van der Waals surface area contributed by atoms with E-state index in [1.165, 1.54) is 0 Å². The Morgan fingerprint density at radius 3 is 2.43 bits per heavy atom. The second-order valence-corrected chi connectivity index (χ2v) is 9.61. The van der Waals surface area contributed by atoms with Gasteiger partial charge in [0, 0.05) is 17.1 Å². The molecule has 0 aliphatic carbocycles. The van der Waals surface area contributed by atoms with Crippen molar-refractivity contribution < 1.29 is 14.3 Å². The first-order valence-corrected chi connectivity index (χ1v) is 12.9. The quantitative estimate of drug-likeness (QED) is 0.336. The zero-order valence-electron chi connectivity index (χ0n) is 21.2. The molecule has 0 bridgehead atoms. The number of hydrogen-bond acceptors (Lipinski definition) is 3. The molecular formula is C29H29Cl2N3O3. The Balaban J connectivity index is 1.97. The molecule has 1 aliphatic rings. The predicted molar refractivity (Wildman–Crippen MR) is 149 cm³/mol. The summed E-state index contributed by atoms with van der Waals surface area (Å²) in [5.41, 5.74) is 4.54. The van der Waals surface area contributed by atoms with Crippen LogP contribution in [-0.2, 0) is 4.79 Å². The Labute approximate surface area is 227 Å². The molecule has 3 aromatic rings. The normalized spacial score (nSPS) is 15.5. The summed E-state index contributed by atoms with van der Waals surface area (Å²) < 4.78 is 5.87. The van der Waals surface area contributed by atoms with Gasteiger partial charge in [0.2, 0.25) is 0 Å². The molecule has 4 rings (SSSR count). The number of anilines is 1. The Hall–Kier alpha value is -3.48. The lowest BCUT2D eigenvalue weighted by Crippen LogP contribution is -2.48. The van der Waals surface area contributed by atoms with Gasteiger partial charge in [0.1, 0.15) is 5.75 Å². The number of aryl methyl sites for hydroxylation is 2. The van der Waals surface area contributed by atoms with Crippen LogP contribution in [0.5, 0.6) is 5.75 Å². The monoisotopic (exact) mass is 537 g/mol. The third-order valence-electron chi connectivity index (χ3n) is 6.19. The Morgan fingerprint density at radius 2 is 1.78 bits per heavy atom. The van der Waals surface area contributed by atoms with Crippen LogP contribution in [0.25, 0.3) is 5.70 Å². The summed E-state index contributed by atoms with van der Waals surface area (Å²) in [6.07, 6.45) is 0. The molecular weight excluding hydrogens is 509 g/mol. The lowest BCUT2D eigenvalue weighted by Gasteiger charge is -2.37. The van der Waals surface area contributed by atoms with E-state index in [4.69, 9.17) is 27.9 Å². The zero-order chi connectivity index (χ0) is 26.7. The lowest BCUT2D eigenvalue weighted by molar-refractivity contribution is -0.113. The van der Waals surface area contributed by atoms with Crippen LogP contribution >= 0.6 is 23.2 Å².